The van der Waals surface area contributed by atoms with E-state index in [1.165, 1.54) is 10.4 Å². The van der Waals surface area contributed by atoms with E-state index in [2.05, 4.69) is 4.98 Å². The van der Waals surface area contributed by atoms with Crippen LogP contribution in [0.4, 0.5) is 0 Å². The van der Waals surface area contributed by atoms with Crippen LogP contribution in [0.1, 0.15) is 23.3 Å². The van der Waals surface area contributed by atoms with Crippen molar-refractivity contribution in [2.75, 3.05) is 13.1 Å². The molecular weight excluding hydrogens is 458 g/mol. The van der Waals surface area contributed by atoms with E-state index >= 15 is 0 Å². The maximum Gasteiger partial charge on any atom is 0.337 e. The predicted molar refractivity (Wildman–Crippen MR) is 129 cm³/mol. The molecule has 2 aromatic carbocycles. The smallest absolute Gasteiger partial charge is 0.337 e. The highest BCUT2D eigenvalue weighted by molar-refractivity contribution is 7.91. The van der Waals surface area contributed by atoms with Crippen LogP contribution in [-0.4, -0.2) is 46.4 Å². The summed E-state index contributed by atoms with van der Waals surface area (Å²) in [4.78, 5) is 16.8. The number of para-hydroxylation sites is 2. The molecular formula is C24H21N3O4S2. The molecule has 0 spiro atoms. The fraction of sp³-hybridized carbons (Fsp3) is 0.167. The minimum absolute atomic E-state index is 0.0590. The molecule has 0 bridgehead atoms. The van der Waals surface area contributed by atoms with E-state index in [4.69, 9.17) is 0 Å². The zero-order valence-corrected chi connectivity index (χ0v) is 19.2. The first kappa shape index (κ1) is 21.6. The van der Waals surface area contributed by atoms with Crippen molar-refractivity contribution in [2.45, 2.75) is 17.1 Å². The summed E-state index contributed by atoms with van der Waals surface area (Å²) in [6.45, 7) is 1.02. The molecule has 0 aliphatic carbocycles. The van der Waals surface area contributed by atoms with Crippen molar-refractivity contribution in [3.8, 4) is 5.69 Å². The number of sulfonamides is 1. The summed E-state index contributed by atoms with van der Waals surface area (Å²) in [5.41, 5.74) is 3.55. The topological polar surface area (TPSA) is 92.5 Å². The Kier molecular flexibility index (Phi) is 5.61. The number of thiophene rings is 1. The number of hydrogen-bond donors (Lipinski definition) is 1. The SMILES string of the molecule is O=C(O)/C(=C/c1ccc(-n2cnc3ccccc32)cc1)c1ccc(S(=O)(=O)N2CCCC2)s1. The number of hydrogen-bond acceptors (Lipinski definition) is 5. The van der Waals surface area contributed by atoms with Crippen molar-refractivity contribution < 1.29 is 18.3 Å². The molecule has 1 aliphatic heterocycles. The molecule has 5 rings (SSSR count). The van der Waals surface area contributed by atoms with Gasteiger partial charge in [0.25, 0.3) is 10.0 Å². The van der Waals surface area contributed by atoms with Crippen molar-refractivity contribution in [1.82, 2.24) is 13.9 Å². The van der Waals surface area contributed by atoms with E-state index in [9.17, 15) is 18.3 Å². The number of nitrogens with zero attached hydrogens (tertiary/aromatic N) is 3. The van der Waals surface area contributed by atoms with E-state index in [1.54, 1.807) is 18.5 Å². The molecule has 1 fully saturated rings. The van der Waals surface area contributed by atoms with E-state index in [1.807, 2.05) is 53.1 Å². The van der Waals surface area contributed by atoms with E-state index in [0.29, 0.717) is 23.5 Å². The Balaban J connectivity index is 1.44. The normalized spacial score (nSPS) is 15.3. The van der Waals surface area contributed by atoms with Crippen molar-refractivity contribution in [1.29, 1.82) is 0 Å². The summed E-state index contributed by atoms with van der Waals surface area (Å²) in [5.74, 6) is -1.10. The van der Waals surface area contributed by atoms with Crippen LogP contribution in [-0.2, 0) is 14.8 Å². The van der Waals surface area contributed by atoms with Crippen LogP contribution in [0.5, 0.6) is 0 Å². The lowest BCUT2D eigenvalue weighted by molar-refractivity contribution is -0.130. The highest BCUT2D eigenvalue weighted by Gasteiger charge is 2.29. The third-order valence-corrected chi connectivity index (χ3v) is 9.16. The third-order valence-electron chi connectivity index (χ3n) is 5.67. The average molecular weight is 480 g/mol. The van der Waals surface area contributed by atoms with Crippen molar-refractivity contribution >= 4 is 50.0 Å². The minimum atomic E-state index is -3.58. The van der Waals surface area contributed by atoms with Crippen LogP contribution >= 0.6 is 11.3 Å². The molecule has 0 amide bonds. The number of aromatic nitrogens is 2. The molecule has 9 heteroatoms. The maximum atomic E-state index is 12.8. The molecule has 1 aliphatic rings. The molecule has 1 N–H and O–H groups in total. The van der Waals surface area contributed by atoms with Crippen LogP contribution in [0.15, 0.2) is 71.2 Å². The lowest BCUT2D eigenvalue weighted by atomic mass is 10.1. The molecule has 4 aromatic rings. The Morgan fingerprint density at radius 2 is 1.73 bits per heavy atom. The van der Waals surface area contributed by atoms with E-state index < -0.39 is 16.0 Å². The standard InChI is InChI=1S/C24H21N3O4S2/c28-24(29)19(22-11-12-23(32-22)33(30,31)26-13-3-4-14-26)15-17-7-9-18(10-8-17)27-16-25-20-5-1-2-6-21(20)27/h1-2,5-12,15-16H,3-4,13-14H2,(H,28,29)/b19-15+. The van der Waals surface area contributed by atoms with Gasteiger partial charge in [0.1, 0.15) is 10.5 Å². The first-order valence-electron chi connectivity index (χ1n) is 10.5. The number of aliphatic carboxylic acids is 1. The van der Waals surface area contributed by atoms with Gasteiger partial charge in [-0.1, -0.05) is 24.3 Å². The molecule has 0 unspecified atom stereocenters. The summed E-state index contributed by atoms with van der Waals surface area (Å²) < 4.78 is 29.2. The minimum Gasteiger partial charge on any atom is -0.478 e. The lowest BCUT2D eigenvalue weighted by Gasteiger charge is -2.13. The molecule has 0 radical (unpaired) electrons. The van der Waals surface area contributed by atoms with Gasteiger partial charge in [-0.2, -0.15) is 4.31 Å². The highest BCUT2D eigenvalue weighted by atomic mass is 32.2. The third kappa shape index (κ3) is 4.10. The van der Waals surface area contributed by atoms with Gasteiger partial charge in [-0.25, -0.2) is 18.2 Å². The first-order chi connectivity index (χ1) is 15.9. The monoisotopic (exact) mass is 479 g/mol. The van der Waals surface area contributed by atoms with Crippen molar-refractivity contribution in [2.24, 2.45) is 0 Å². The quantitative estimate of drug-likeness (QED) is 0.411. The second-order valence-corrected chi connectivity index (χ2v) is 11.0. The number of carboxylic acids is 1. The number of carbonyl (C=O) groups is 1. The summed E-state index contributed by atoms with van der Waals surface area (Å²) in [6.07, 6.45) is 5.02. The molecule has 3 heterocycles. The van der Waals surface area contributed by atoms with Crippen LogP contribution in [0.2, 0.25) is 0 Å². The molecule has 1 saturated heterocycles. The number of fused-ring (bicyclic) bond motifs is 1. The second kappa shape index (κ2) is 8.58. The number of imidazole rings is 1. The highest BCUT2D eigenvalue weighted by Crippen LogP contribution is 2.32. The van der Waals surface area contributed by atoms with Gasteiger partial charge in [-0.15, -0.1) is 11.3 Å². The number of carboxylic acid groups (broad SMARTS) is 1. The molecule has 7 nitrogen and oxygen atoms in total. The van der Waals surface area contributed by atoms with Crippen LogP contribution in [0.25, 0.3) is 28.4 Å². The van der Waals surface area contributed by atoms with Crippen LogP contribution < -0.4 is 0 Å². The Morgan fingerprint density at radius 3 is 2.45 bits per heavy atom. The molecule has 0 atom stereocenters. The fourth-order valence-corrected chi connectivity index (χ4v) is 6.95. The molecule has 0 saturated carbocycles. The molecule has 2 aromatic heterocycles. The average Bonchev–Trinajstić information content (AvgIpc) is 3.59. The Bertz CT molecular complexity index is 1460. The van der Waals surface area contributed by atoms with Crippen LogP contribution in [0.3, 0.4) is 0 Å². The van der Waals surface area contributed by atoms with E-state index in [0.717, 1.165) is 40.9 Å². The summed E-state index contributed by atoms with van der Waals surface area (Å²) in [5, 5.41) is 9.80. The number of benzene rings is 2. The van der Waals surface area contributed by atoms with Crippen molar-refractivity contribution in [3.05, 3.63) is 77.4 Å². The van der Waals surface area contributed by atoms with Gasteiger partial charge < -0.3 is 5.11 Å². The van der Waals surface area contributed by atoms with Gasteiger partial charge >= 0.3 is 5.97 Å². The summed E-state index contributed by atoms with van der Waals surface area (Å²) in [6, 6.07) is 18.4. The molecule has 33 heavy (non-hydrogen) atoms. The van der Waals surface area contributed by atoms with Gasteiger partial charge in [0.05, 0.1) is 16.6 Å². The van der Waals surface area contributed by atoms with Gasteiger partial charge in [0, 0.05) is 23.7 Å². The Labute approximate surface area is 195 Å². The summed E-state index contributed by atoms with van der Waals surface area (Å²) in [7, 11) is -3.58. The van der Waals surface area contributed by atoms with Gasteiger partial charge in [-0.3, -0.25) is 4.57 Å². The maximum absolute atomic E-state index is 12.8. The fourth-order valence-electron chi connectivity index (χ4n) is 3.96. The van der Waals surface area contributed by atoms with Crippen LogP contribution in [0, 0.1) is 0 Å². The number of rotatable bonds is 6. The van der Waals surface area contributed by atoms with Gasteiger partial charge in [0.2, 0.25) is 0 Å². The van der Waals surface area contributed by atoms with Gasteiger partial charge in [-0.05, 0) is 60.9 Å². The molecule has 168 valence electrons. The van der Waals surface area contributed by atoms with Gasteiger partial charge in [0.15, 0.2) is 0 Å². The summed E-state index contributed by atoms with van der Waals surface area (Å²) >= 11 is 0.994. The lowest BCUT2D eigenvalue weighted by Crippen LogP contribution is -2.27. The first-order valence-corrected chi connectivity index (χ1v) is 12.8. The zero-order chi connectivity index (χ0) is 23.0. The van der Waals surface area contributed by atoms with Crippen molar-refractivity contribution in [3.63, 3.8) is 0 Å². The zero-order valence-electron chi connectivity index (χ0n) is 17.6. The van der Waals surface area contributed by atoms with E-state index in [-0.39, 0.29) is 9.78 Å². The Morgan fingerprint density at radius 1 is 1.00 bits per heavy atom. The second-order valence-electron chi connectivity index (χ2n) is 7.79. The largest absolute Gasteiger partial charge is 0.478 e. The Hall–Kier alpha value is -3.27. The predicted octanol–water partition coefficient (Wildman–Crippen LogP) is 4.50.